The van der Waals surface area contributed by atoms with Crippen LogP contribution in [-0.2, 0) is 23.7 Å². The predicted molar refractivity (Wildman–Crippen MR) is 106 cm³/mol. The van der Waals surface area contributed by atoms with Gasteiger partial charge in [-0.1, -0.05) is 0 Å². The van der Waals surface area contributed by atoms with Gasteiger partial charge in [0.05, 0.1) is 44.6 Å². The lowest BCUT2D eigenvalue weighted by molar-refractivity contribution is -0.341. The molecule has 15 heteroatoms. The number of nitrogens with two attached hydrogens (primary N) is 3. The Labute approximate surface area is 189 Å². The monoisotopic (exact) mass is 485 g/mol. The molecule has 13 N–H and O–H groups in total. The van der Waals surface area contributed by atoms with Gasteiger partial charge in [0.2, 0.25) is 0 Å². The van der Waals surface area contributed by atoms with Gasteiger partial charge in [-0.2, -0.15) is 0 Å². The highest BCUT2D eigenvalue weighted by atomic mass is 16.7. The van der Waals surface area contributed by atoms with E-state index in [1.165, 1.54) is 0 Å². The van der Waals surface area contributed by atoms with Gasteiger partial charge in [-0.25, -0.2) is 0 Å². The highest BCUT2D eigenvalue weighted by molar-refractivity contribution is 4.98. The molecule has 3 aliphatic heterocycles. The Morgan fingerprint density at radius 3 is 1.67 bits per heavy atom. The van der Waals surface area contributed by atoms with Gasteiger partial charge in [0.25, 0.3) is 0 Å². The topological polar surface area (TPSA) is 266 Å². The lowest BCUT2D eigenvalue weighted by Crippen LogP contribution is -2.68. The average molecular weight is 485 g/mol. The van der Waals surface area contributed by atoms with Gasteiger partial charge in [0.15, 0.2) is 12.6 Å². The maximum atomic E-state index is 10.8. The van der Waals surface area contributed by atoms with Crippen LogP contribution in [0.5, 0.6) is 0 Å². The van der Waals surface area contributed by atoms with E-state index < -0.39 is 105 Å². The van der Waals surface area contributed by atoms with E-state index in [1.807, 2.05) is 0 Å². The largest absolute Gasteiger partial charge is 0.394 e. The van der Waals surface area contributed by atoms with Crippen LogP contribution in [0, 0.1) is 0 Å². The molecule has 0 bridgehead atoms. The first-order valence-corrected chi connectivity index (χ1v) is 10.7. The summed E-state index contributed by atoms with van der Waals surface area (Å²) in [6, 6.07) is -3.30. The lowest BCUT2D eigenvalue weighted by atomic mass is 9.95. The van der Waals surface area contributed by atoms with E-state index in [0.29, 0.717) is 0 Å². The molecule has 0 spiro atoms. The van der Waals surface area contributed by atoms with Gasteiger partial charge in [0.1, 0.15) is 54.9 Å². The smallest absolute Gasteiger partial charge is 0.176 e. The molecule has 14 atom stereocenters. The summed E-state index contributed by atoms with van der Waals surface area (Å²) in [6.07, 6.45) is -14.2. The molecule has 0 aromatic carbocycles. The minimum atomic E-state index is -1.50. The summed E-state index contributed by atoms with van der Waals surface area (Å²) < 4.78 is 27.8. The third kappa shape index (κ3) is 5.48. The minimum absolute atomic E-state index is 0.00133. The minimum Gasteiger partial charge on any atom is -0.394 e. The van der Waals surface area contributed by atoms with Crippen molar-refractivity contribution in [1.82, 2.24) is 0 Å². The number of aliphatic hydroxyl groups is 7. The Hall–Kier alpha value is -0.600. The van der Waals surface area contributed by atoms with E-state index in [9.17, 15) is 35.7 Å². The third-order valence-electron chi connectivity index (χ3n) is 6.24. The van der Waals surface area contributed by atoms with Crippen LogP contribution in [0.1, 0.15) is 0 Å². The predicted octanol–water partition coefficient (Wildman–Crippen LogP) is -6.99. The quantitative estimate of drug-likeness (QED) is 0.160. The van der Waals surface area contributed by atoms with Gasteiger partial charge in [-0.05, 0) is 0 Å². The fourth-order valence-electron chi connectivity index (χ4n) is 4.13. The van der Waals surface area contributed by atoms with Crippen LogP contribution >= 0.6 is 0 Å². The molecule has 33 heavy (non-hydrogen) atoms. The molecular weight excluding hydrogens is 450 g/mol. The molecule has 6 unspecified atom stereocenters. The molecule has 0 aromatic rings. The maximum Gasteiger partial charge on any atom is 0.176 e. The van der Waals surface area contributed by atoms with Gasteiger partial charge in [-0.15, -0.1) is 0 Å². The summed E-state index contributed by atoms with van der Waals surface area (Å²) in [5.74, 6) is 0. The summed E-state index contributed by atoms with van der Waals surface area (Å²) in [5.41, 5.74) is 17.7. The molecule has 3 heterocycles. The second-order valence-electron chi connectivity index (χ2n) is 8.49. The van der Waals surface area contributed by atoms with Crippen LogP contribution in [0.4, 0.5) is 0 Å². The van der Waals surface area contributed by atoms with E-state index in [2.05, 4.69) is 0 Å². The molecule has 0 radical (unpaired) electrons. The summed E-state index contributed by atoms with van der Waals surface area (Å²) in [5, 5.41) is 69.9. The molecule has 15 nitrogen and oxygen atoms in total. The standard InChI is InChI=1S/C18H35N3O12/c19-5-4-29-7(2-23)15(11(5)25)32-18-10(21)14(28)16(8(3-24)31-18)33-17-9(20)13(27)12(26)6(1-22)30-17/h5-18,22-28H,1-4,19-21H2/t5?,6?,7?,8?,9?,10?,11-,12+,13-,14-,15+,16+,17-,18-/m0/s1. The fraction of sp³-hybridized carbons (Fsp3) is 1.00. The molecule has 194 valence electrons. The van der Waals surface area contributed by atoms with Crippen molar-refractivity contribution < 1.29 is 59.4 Å². The van der Waals surface area contributed by atoms with Crippen LogP contribution in [0.2, 0.25) is 0 Å². The van der Waals surface area contributed by atoms with Gasteiger partial charge >= 0.3 is 0 Å². The van der Waals surface area contributed by atoms with E-state index in [-0.39, 0.29) is 6.61 Å². The van der Waals surface area contributed by atoms with Gasteiger partial charge < -0.3 is 76.6 Å². The Kier molecular flexibility index (Phi) is 9.35. The molecule has 3 saturated heterocycles. The fourth-order valence-corrected chi connectivity index (χ4v) is 4.13. The number of hydrogen-bond acceptors (Lipinski definition) is 15. The Morgan fingerprint density at radius 1 is 0.636 bits per heavy atom. The molecule has 3 fully saturated rings. The second kappa shape index (κ2) is 11.4. The van der Waals surface area contributed by atoms with Crippen molar-refractivity contribution in [1.29, 1.82) is 0 Å². The molecule has 3 aliphatic rings. The first-order valence-electron chi connectivity index (χ1n) is 10.7. The van der Waals surface area contributed by atoms with Crippen LogP contribution in [0.3, 0.4) is 0 Å². The lowest BCUT2D eigenvalue weighted by Gasteiger charge is -2.48. The normalized spacial score (nSPS) is 51.5. The number of rotatable bonds is 7. The molecular formula is C18H35N3O12. The van der Waals surface area contributed by atoms with Crippen molar-refractivity contribution in [3.8, 4) is 0 Å². The van der Waals surface area contributed by atoms with E-state index in [4.69, 9.17) is 40.9 Å². The summed E-state index contributed by atoms with van der Waals surface area (Å²) in [4.78, 5) is 0. The molecule has 0 aliphatic carbocycles. The zero-order valence-corrected chi connectivity index (χ0v) is 17.8. The number of ether oxygens (including phenoxy) is 5. The average Bonchev–Trinajstić information content (AvgIpc) is 2.81. The van der Waals surface area contributed by atoms with Crippen molar-refractivity contribution in [3.63, 3.8) is 0 Å². The second-order valence-corrected chi connectivity index (χ2v) is 8.49. The van der Waals surface area contributed by atoms with Gasteiger partial charge in [-0.3, -0.25) is 0 Å². The van der Waals surface area contributed by atoms with Crippen molar-refractivity contribution in [3.05, 3.63) is 0 Å². The van der Waals surface area contributed by atoms with Crippen LogP contribution in [-0.4, -0.2) is 148 Å². The highest BCUT2D eigenvalue weighted by Gasteiger charge is 2.51. The molecule has 0 aromatic heterocycles. The van der Waals surface area contributed by atoms with Crippen molar-refractivity contribution in [2.24, 2.45) is 17.2 Å². The molecule has 3 rings (SSSR count). The van der Waals surface area contributed by atoms with Crippen LogP contribution in [0.25, 0.3) is 0 Å². The molecule has 0 saturated carbocycles. The van der Waals surface area contributed by atoms with Crippen molar-refractivity contribution in [2.45, 2.75) is 85.6 Å². The molecule has 0 amide bonds. The highest BCUT2D eigenvalue weighted by Crippen LogP contribution is 2.30. The van der Waals surface area contributed by atoms with Crippen LogP contribution < -0.4 is 17.2 Å². The van der Waals surface area contributed by atoms with E-state index >= 15 is 0 Å². The number of aliphatic hydroxyl groups excluding tert-OH is 7. The first kappa shape index (κ1) is 27.0. The summed E-state index contributed by atoms with van der Waals surface area (Å²) >= 11 is 0. The zero-order chi connectivity index (χ0) is 24.4. The third-order valence-corrected chi connectivity index (χ3v) is 6.24. The summed E-state index contributed by atoms with van der Waals surface area (Å²) in [6.45, 7) is -1.77. The van der Waals surface area contributed by atoms with Gasteiger partial charge in [0, 0.05) is 0 Å². The van der Waals surface area contributed by atoms with Crippen molar-refractivity contribution >= 4 is 0 Å². The first-order chi connectivity index (χ1) is 15.6. The Bertz CT molecular complexity index is 616. The summed E-state index contributed by atoms with van der Waals surface area (Å²) in [7, 11) is 0. The van der Waals surface area contributed by atoms with E-state index in [0.717, 1.165) is 0 Å². The van der Waals surface area contributed by atoms with Crippen molar-refractivity contribution in [2.75, 3.05) is 26.4 Å². The SMILES string of the molecule is NC1[C@H](O[C@@H]2C(CO)O[C@@H](O[C@@H]3C(CO)OCC(N)[C@@H]3O)C(N)[C@@H]2O)OC(CO)[C@@H](O)[C@H]1O. The number of hydrogen-bond donors (Lipinski definition) is 10. The zero-order valence-electron chi connectivity index (χ0n) is 17.8. The van der Waals surface area contributed by atoms with E-state index in [1.54, 1.807) is 0 Å². The Morgan fingerprint density at radius 2 is 1.12 bits per heavy atom. The Balaban J connectivity index is 1.71. The van der Waals surface area contributed by atoms with Crippen LogP contribution in [0.15, 0.2) is 0 Å². The maximum absolute atomic E-state index is 10.8.